The SMILES string of the molecule is CC[C@H](C)[C@@H]([C@@H](CC(=O)N1CCC[C@H]1[C@H](OC)[C@@H](C)C(=O)C[C@@H](Cc1ccccc1)C(=O)O)OC)N(C)C(=O)[C@@H](CC(=O)[C@@H]1[C@H]2CC[C@H](C2)N1C(=O)CCCCCCC(=O)[C@H]1CN1C(c1ccccc1)(c1ccccc1)c1ccccc1)C(C)C. The maximum Gasteiger partial charge on any atom is 0.307 e. The molecule has 2 bridgehead atoms. The van der Waals surface area contributed by atoms with Gasteiger partial charge in [-0.1, -0.05) is 175 Å². The van der Waals surface area contributed by atoms with Crippen LogP contribution in [0.15, 0.2) is 121 Å². The molecule has 0 radical (unpaired) electrons. The third-order valence-corrected chi connectivity index (χ3v) is 19.8. The Balaban J connectivity index is 0.847. The molecule has 4 aromatic rings. The van der Waals surface area contributed by atoms with E-state index < -0.39 is 59.6 Å². The Morgan fingerprint density at radius 1 is 0.682 bits per heavy atom. The van der Waals surface area contributed by atoms with E-state index in [-0.39, 0.29) is 90.6 Å². The Kier molecular flexibility index (Phi) is 22.7. The van der Waals surface area contributed by atoms with Gasteiger partial charge in [-0.25, -0.2) is 0 Å². The van der Waals surface area contributed by atoms with Crippen LogP contribution in [0.1, 0.15) is 153 Å². The summed E-state index contributed by atoms with van der Waals surface area (Å²) in [6.07, 6.45) is 7.08. The number of carboxylic acid groups (broad SMARTS) is 1. The van der Waals surface area contributed by atoms with Crippen molar-refractivity contribution in [3.05, 3.63) is 144 Å². The molecule has 0 aromatic heterocycles. The number of unbranched alkanes of at least 4 members (excludes halogenated alkanes) is 3. The predicted octanol–water partition coefficient (Wildman–Crippen LogP) is 11.0. The second-order valence-corrected chi connectivity index (χ2v) is 25.3. The standard InChI is InChI=1S/C71H94N4O10/c1-9-48(4)66(63(84-7)45-65(80)73-40-26-35-58(73)68(85-8)49(5)61(77)43-52(70(82)83)41-50-27-16-12-17-28-50)72(6)69(81)57(47(2)3)44-62(78)67-51-38-39-56(42-51)75(67)64(79)37-25-11-10-24-36-60(76)59-46-74(59)71(53-29-18-13-19-30-53,54-31-20-14-21-32-54)55-33-22-15-23-34-55/h12-23,27-34,47-49,51-52,56-59,63,66-68H,9-11,24-26,35-46H2,1-8H3,(H,82,83)/t48-,49-,51-,52+,56+,57-,58-,59+,63+,66-,67-,68+,74?/m0/s1. The number of nitrogens with zero attached hydrogens (tertiary/aromatic N) is 4. The number of ketones is 3. The summed E-state index contributed by atoms with van der Waals surface area (Å²) in [6.45, 7) is 10.9. The molecule has 1 N–H and O–H groups in total. The van der Waals surface area contributed by atoms with Crippen LogP contribution >= 0.6 is 0 Å². The molecule has 4 aliphatic rings. The first-order valence-electron chi connectivity index (χ1n) is 31.7. The van der Waals surface area contributed by atoms with Gasteiger partial charge >= 0.3 is 5.97 Å². The van der Waals surface area contributed by atoms with Gasteiger partial charge in [0.2, 0.25) is 17.7 Å². The normalized spacial score (nSPS) is 22.5. The van der Waals surface area contributed by atoms with E-state index in [2.05, 4.69) is 77.7 Å². The number of carbonyl (C=O) groups excluding carboxylic acids is 6. The molecule has 3 aliphatic heterocycles. The molecule has 1 unspecified atom stereocenters. The summed E-state index contributed by atoms with van der Waals surface area (Å²) in [4.78, 5) is 106. The minimum Gasteiger partial charge on any atom is -0.481 e. The minimum absolute atomic E-state index is 0.00215. The van der Waals surface area contributed by atoms with Crippen molar-refractivity contribution in [3.8, 4) is 0 Å². The first kappa shape index (κ1) is 64.6. The molecule has 4 aromatic carbocycles. The fourth-order valence-electron chi connectivity index (χ4n) is 14.9. The van der Waals surface area contributed by atoms with Gasteiger partial charge in [-0.3, -0.25) is 38.5 Å². The number of piperidine rings is 1. The Labute approximate surface area is 505 Å². The highest BCUT2D eigenvalue weighted by Crippen LogP contribution is 2.49. The lowest BCUT2D eigenvalue weighted by atomic mass is 9.76. The maximum absolute atomic E-state index is 15.0. The summed E-state index contributed by atoms with van der Waals surface area (Å²) in [6, 6.07) is 39.0. The molecule has 3 heterocycles. The number of likely N-dealkylation sites (tertiary alicyclic amines) is 2. The van der Waals surface area contributed by atoms with Gasteiger partial charge in [-0.2, -0.15) is 0 Å². The molecule has 14 heteroatoms. The van der Waals surface area contributed by atoms with Gasteiger partial charge in [-0.15, -0.1) is 0 Å². The lowest BCUT2D eigenvalue weighted by Gasteiger charge is -2.41. The molecule has 3 saturated heterocycles. The minimum atomic E-state index is -1.04. The average Bonchev–Trinajstić information content (AvgIpc) is 2.58. The number of amides is 3. The van der Waals surface area contributed by atoms with E-state index in [0.29, 0.717) is 51.6 Å². The predicted molar refractivity (Wildman–Crippen MR) is 329 cm³/mol. The zero-order valence-electron chi connectivity index (χ0n) is 51.7. The Morgan fingerprint density at radius 3 is 1.80 bits per heavy atom. The fraction of sp³-hybridized carbons (Fsp3) is 0.563. The number of aliphatic carboxylic acids is 1. The lowest BCUT2D eigenvalue weighted by Crippen LogP contribution is -2.54. The first-order valence-corrected chi connectivity index (χ1v) is 31.7. The summed E-state index contributed by atoms with van der Waals surface area (Å²) >= 11 is 0. The lowest BCUT2D eigenvalue weighted by molar-refractivity contribution is -0.150. The number of Topliss-reactive ketones (excluding diaryl/α,β-unsaturated/α-hetero) is 3. The highest BCUT2D eigenvalue weighted by atomic mass is 16.5. The number of benzene rings is 4. The monoisotopic (exact) mass is 1160 g/mol. The number of methoxy groups -OCH3 is 2. The van der Waals surface area contributed by atoms with Gasteiger partial charge in [0, 0.05) is 77.9 Å². The highest BCUT2D eigenvalue weighted by Gasteiger charge is 2.56. The van der Waals surface area contributed by atoms with Crippen LogP contribution in [-0.4, -0.2) is 143 Å². The van der Waals surface area contributed by atoms with Crippen LogP contribution in [0.25, 0.3) is 0 Å². The number of likely N-dealkylation sites (N-methyl/N-ethyl adjacent to an activating group) is 1. The number of hydrogen-bond acceptors (Lipinski definition) is 10. The number of carboxylic acids is 1. The number of fused-ring (bicyclic) bond motifs is 2. The molecule has 458 valence electrons. The van der Waals surface area contributed by atoms with Crippen LogP contribution < -0.4 is 0 Å². The molecule has 1 aliphatic carbocycles. The maximum atomic E-state index is 15.0. The number of ether oxygens (including phenoxy) is 2. The van der Waals surface area contributed by atoms with Crippen LogP contribution in [0.3, 0.4) is 0 Å². The molecule has 13 atom stereocenters. The van der Waals surface area contributed by atoms with Crippen molar-refractivity contribution in [3.63, 3.8) is 0 Å². The van der Waals surface area contributed by atoms with E-state index in [9.17, 15) is 38.7 Å². The average molecular weight is 1160 g/mol. The van der Waals surface area contributed by atoms with Crippen LogP contribution in [0.4, 0.5) is 0 Å². The second-order valence-electron chi connectivity index (χ2n) is 25.3. The number of hydrogen-bond donors (Lipinski definition) is 1. The van der Waals surface area contributed by atoms with Crippen molar-refractivity contribution in [2.75, 3.05) is 34.4 Å². The van der Waals surface area contributed by atoms with E-state index >= 15 is 0 Å². The van der Waals surface area contributed by atoms with Gasteiger partial charge in [0.05, 0.1) is 54.3 Å². The zero-order valence-corrected chi connectivity index (χ0v) is 51.7. The fourth-order valence-corrected chi connectivity index (χ4v) is 14.9. The zero-order chi connectivity index (χ0) is 61.0. The van der Waals surface area contributed by atoms with Crippen molar-refractivity contribution in [2.45, 2.75) is 185 Å². The molecular formula is C71H94N4O10. The van der Waals surface area contributed by atoms with Crippen molar-refractivity contribution < 1.29 is 48.1 Å². The van der Waals surface area contributed by atoms with Crippen LogP contribution in [0, 0.1) is 35.5 Å². The van der Waals surface area contributed by atoms with Gasteiger partial charge in [0.1, 0.15) is 5.78 Å². The quantitative estimate of drug-likeness (QED) is 0.0273. The van der Waals surface area contributed by atoms with E-state index in [1.807, 2.05) is 81.1 Å². The topological polar surface area (TPSA) is 171 Å². The van der Waals surface area contributed by atoms with E-state index in [1.165, 1.54) is 7.11 Å². The van der Waals surface area contributed by atoms with E-state index in [4.69, 9.17) is 9.47 Å². The molecule has 14 nitrogen and oxygen atoms in total. The van der Waals surface area contributed by atoms with Gasteiger partial charge < -0.3 is 29.3 Å². The van der Waals surface area contributed by atoms with Crippen molar-refractivity contribution in [2.24, 2.45) is 35.5 Å². The molecule has 85 heavy (non-hydrogen) atoms. The van der Waals surface area contributed by atoms with Crippen molar-refractivity contribution in [1.82, 2.24) is 19.6 Å². The molecule has 1 saturated carbocycles. The smallest absolute Gasteiger partial charge is 0.307 e. The Morgan fingerprint density at radius 2 is 1.26 bits per heavy atom. The summed E-state index contributed by atoms with van der Waals surface area (Å²) in [5.41, 5.74) is 3.59. The van der Waals surface area contributed by atoms with Crippen LogP contribution in [0.5, 0.6) is 0 Å². The molecule has 8 rings (SSSR count). The van der Waals surface area contributed by atoms with Crippen LogP contribution in [-0.2, 0) is 55.0 Å². The van der Waals surface area contributed by atoms with Crippen molar-refractivity contribution in [1.29, 1.82) is 0 Å². The Bertz CT molecular complexity index is 2770. The molecule has 4 fully saturated rings. The third-order valence-electron chi connectivity index (χ3n) is 19.8. The summed E-state index contributed by atoms with van der Waals surface area (Å²) in [5.74, 6) is -3.95. The molecule has 0 spiro atoms. The van der Waals surface area contributed by atoms with Gasteiger partial charge in [0.25, 0.3) is 0 Å². The molecule has 3 amide bonds. The van der Waals surface area contributed by atoms with E-state index in [0.717, 1.165) is 60.8 Å². The number of rotatable bonds is 33. The third kappa shape index (κ3) is 14.7. The highest BCUT2D eigenvalue weighted by molar-refractivity contribution is 5.94. The summed E-state index contributed by atoms with van der Waals surface area (Å²) < 4.78 is 12.2. The van der Waals surface area contributed by atoms with Crippen LogP contribution in [0.2, 0.25) is 0 Å². The van der Waals surface area contributed by atoms with Crippen molar-refractivity contribution >= 4 is 41.0 Å². The number of carbonyl (C=O) groups is 7. The molecular weight excluding hydrogens is 1070 g/mol. The summed E-state index contributed by atoms with van der Waals surface area (Å²) in [7, 11) is 4.84. The summed E-state index contributed by atoms with van der Waals surface area (Å²) in [5, 5.41) is 10.1. The second kappa shape index (κ2) is 29.8. The van der Waals surface area contributed by atoms with E-state index in [1.54, 1.807) is 30.9 Å². The van der Waals surface area contributed by atoms with Gasteiger partial charge in [-0.05, 0) is 91.4 Å². The largest absolute Gasteiger partial charge is 0.481 e. The van der Waals surface area contributed by atoms with Gasteiger partial charge in [0.15, 0.2) is 11.6 Å². The Hall–Kier alpha value is -6.35. The first-order chi connectivity index (χ1) is 41.0.